The lowest BCUT2D eigenvalue weighted by atomic mass is 10.1. The summed E-state index contributed by atoms with van der Waals surface area (Å²) < 4.78 is 31.6. The van der Waals surface area contributed by atoms with Crippen LogP contribution >= 0.6 is 0 Å². The van der Waals surface area contributed by atoms with Gasteiger partial charge in [-0.2, -0.15) is 4.31 Å². The van der Waals surface area contributed by atoms with Crippen molar-refractivity contribution in [2.24, 2.45) is 0 Å². The van der Waals surface area contributed by atoms with Crippen molar-refractivity contribution in [2.45, 2.75) is 38.1 Å². The Bertz CT molecular complexity index is 1010. The first-order valence-corrected chi connectivity index (χ1v) is 12.0. The van der Waals surface area contributed by atoms with Crippen LogP contribution in [0, 0.1) is 0 Å². The van der Waals surface area contributed by atoms with Crippen LogP contribution in [0.5, 0.6) is 0 Å². The van der Waals surface area contributed by atoms with Gasteiger partial charge in [0.05, 0.1) is 11.5 Å². The number of amides is 1. The van der Waals surface area contributed by atoms with Gasteiger partial charge in [0.2, 0.25) is 15.9 Å². The molecule has 0 aliphatic carbocycles. The van der Waals surface area contributed by atoms with Gasteiger partial charge in [-0.25, -0.2) is 13.2 Å². The monoisotopic (exact) mass is 458 g/mol. The zero-order chi connectivity index (χ0) is 23.6. The third kappa shape index (κ3) is 7.03. The van der Waals surface area contributed by atoms with Crippen molar-refractivity contribution >= 4 is 28.0 Å². The van der Waals surface area contributed by atoms with E-state index in [9.17, 15) is 18.0 Å². The highest BCUT2D eigenvalue weighted by molar-refractivity contribution is 7.89. The van der Waals surface area contributed by atoms with E-state index < -0.39 is 27.9 Å². The first-order chi connectivity index (χ1) is 15.3. The van der Waals surface area contributed by atoms with Crippen LogP contribution in [0.2, 0.25) is 0 Å². The molecule has 7 nitrogen and oxygen atoms in total. The molecule has 2 aromatic carbocycles. The summed E-state index contributed by atoms with van der Waals surface area (Å²) in [5.74, 6) is -0.942. The second-order valence-electron chi connectivity index (χ2n) is 6.99. The van der Waals surface area contributed by atoms with Gasteiger partial charge < -0.3 is 10.1 Å². The number of esters is 1. The van der Waals surface area contributed by atoms with Crippen LogP contribution in [0.4, 0.5) is 0 Å². The van der Waals surface area contributed by atoms with Crippen LogP contribution < -0.4 is 5.32 Å². The van der Waals surface area contributed by atoms with Crippen LogP contribution in [0.1, 0.15) is 31.9 Å². The minimum Gasteiger partial charge on any atom is -0.464 e. The van der Waals surface area contributed by atoms with Gasteiger partial charge in [0.15, 0.2) is 0 Å². The van der Waals surface area contributed by atoms with E-state index in [4.69, 9.17) is 4.74 Å². The summed E-state index contributed by atoms with van der Waals surface area (Å²) >= 11 is 0. The fraction of sp³-hybridized carbons (Fsp3) is 0.333. The molecular weight excluding hydrogens is 428 g/mol. The predicted octanol–water partition coefficient (Wildman–Crippen LogP) is 3.02. The molecule has 2 aromatic rings. The number of carbonyl (C=O) groups excluding carboxylic acids is 2. The molecule has 0 radical (unpaired) electrons. The van der Waals surface area contributed by atoms with Gasteiger partial charge in [-0.05, 0) is 36.3 Å². The highest BCUT2D eigenvalue weighted by Gasteiger charge is 2.22. The van der Waals surface area contributed by atoms with Crippen LogP contribution in [0.15, 0.2) is 65.6 Å². The summed E-state index contributed by atoms with van der Waals surface area (Å²) in [5.41, 5.74) is 1.56. The Balaban J connectivity index is 2.07. The molecule has 1 amide bonds. The number of benzene rings is 2. The van der Waals surface area contributed by atoms with Crippen molar-refractivity contribution in [1.82, 2.24) is 9.62 Å². The maximum atomic E-state index is 12.6. The molecular formula is C24H30N2O5S. The zero-order valence-electron chi connectivity index (χ0n) is 18.7. The summed E-state index contributed by atoms with van der Waals surface area (Å²) in [7, 11) is -3.53. The van der Waals surface area contributed by atoms with E-state index in [0.29, 0.717) is 25.1 Å². The molecule has 0 bridgehead atoms. The summed E-state index contributed by atoms with van der Waals surface area (Å²) in [6.45, 7) is 6.30. The third-order valence-electron chi connectivity index (χ3n) is 4.82. The lowest BCUT2D eigenvalue weighted by Crippen LogP contribution is -2.42. The lowest BCUT2D eigenvalue weighted by molar-refractivity contribution is -0.146. The molecule has 0 saturated carbocycles. The Morgan fingerprint density at radius 3 is 2.19 bits per heavy atom. The fourth-order valence-corrected chi connectivity index (χ4v) is 4.60. The molecule has 172 valence electrons. The lowest BCUT2D eigenvalue weighted by Gasteiger charge is -2.18. The molecule has 1 atom stereocenters. The second kappa shape index (κ2) is 12.2. The number of nitrogens with zero attached hydrogens (tertiary/aromatic N) is 1. The van der Waals surface area contributed by atoms with E-state index in [0.717, 1.165) is 5.56 Å². The predicted molar refractivity (Wildman–Crippen MR) is 124 cm³/mol. The van der Waals surface area contributed by atoms with Crippen molar-refractivity contribution in [3.05, 3.63) is 71.8 Å². The molecule has 1 N–H and O–H groups in total. The molecule has 0 aliphatic heterocycles. The maximum absolute atomic E-state index is 12.6. The number of nitrogens with one attached hydrogen (secondary N) is 1. The van der Waals surface area contributed by atoms with E-state index in [1.165, 1.54) is 22.5 Å². The maximum Gasteiger partial charge on any atom is 0.328 e. The Morgan fingerprint density at radius 1 is 1.00 bits per heavy atom. The molecule has 0 aliphatic rings. The minimum atomic E-state index is -3.53. The van der Waals surface area contributed by atoms with E-state index in [1.807, 2.05) is 30.3 Å². The molecule has 0 aromatic heterocycles. The Labute approximate surface area is 190 Å². The number of sulfonamides is 1. The van der Waals surface area contributed by atoms with Crippen LogP contribution in [-0.4, -0.2) is 50.3 Å². The molecule has 0 saturated heterocycles. The molecule has 0 fully saturated rings. The average Bonchev–Trinajstić information content (AvgIpc) is 2.79. The van der Waals surface area contributed by atoms with Crippen molar-refractivity contribution in [1.29, 1.82) is 0 Å². The van der Waals surface area contributed by atoms with E-state index in [2.05, 4.69) is 5.32 Å². The van der Waals surface area contributed by atoms with Gasteiger partial charge in [0.25, 0.3) is 0 Å². The Hall–Kier alpha value is -2.97. The topological polar surface area (TPSA) is 92.8 Å². The first kappa shape index (κ1) is 25.3. The number of ether oxygens (including phenoxy) is 1. The van der Waals surface area contributed by atoms with E-state index in [1.54, 1.807) is 39.0 Å². The van der Waals surface area contributed by atoms with Crippen molar-refractivity contribution < 1.29 is 22.7 Å². The average molecular weight is 459 g/mol. The van der Waals surface area contributed by atoms with Gasteiger partial charge in [0, 0.05) is 25.6 Å². The van der Waals surface area contributed by atoms with E-state index in [-0.39, 0.29) is 11.5 Å². The molecule has 32 heavy (non-hydrogen) atoms. The number of carbonyl (C=O) groups is 2. The number of hydrogen-bond donors (Lipinski definition) is 1. The van der Waals surface area contributed by atoms with Gasteiger partial charge in [0.1, 0.15) is 6.04 Å². The second-order valence-corrected chi connectivity index (χ2v) is 8.93. The Morgan fingerprint density at radius 2 is 1.62 bits per heavy atom. The number of hydrogen-bond acceptors (Lipinski definition) is 5. The molecule has 2 rings (SSSR count). The zero-order valence-corrected chi connectivity index (χ0v) is 19.5. The SMILES string of the molecule is CCOC(=O)C(Cc1ccccc1)NC(=O)/C=C/c1ccc(S(=O)(=O)N(CC)CC)cc1. The number of rotatable bonds is 11. The summed E-state index contributed by atoms with van der Waals surface area (Å²) in [5, 5.41) is 2.68. The smallest absolute Gasteiger partial charge is 0.328 e. The Kier molecular flexibility index (Phi) is 9.61. The molecule has 0 spiro atoms. The first-order valence-electron chi connectivity index (χ1n) is 10.6. The van der Waals surface area contributed by atoms with E-state index >= 15 is 0 Å². The van der Waals surface area contributed by atoms with Crippen molar-refractivity contribution in [3.63, 3.8) is 0 Å². The summed E-state index contributed by atoms with van der Waals surface area (Å²) in [6, 6.07) is 14.8. The van der Waals surface area contributed by atoms with Crippen molar-refractivity contribution in [3.8, 4) is 0 Å². The standard InChI is InChI=1S/C24H30N2O5S/c1-4-26(5-2)32(29,30)21-15-12-19(13-16-21)14-17-23(27)25-22(24(28)31-6-3)18-20-10-8-7-9-11-20/h7-17,22H,4-6,18H2,1-3H3,(H,25,27)/b17-14+. The van der Waals surface area contributed by atoms with Gasteiger partial charge in [-0.1, -0.05) is 56.3 Å². The molecule has 8 heteroatoms. The van der Waals surface area contributed by atoms with Crippen LogP contribution in [0.25, 0.3) is 6.08 Å². The van der Waals surface area contributed by atoms with Gasteiger partial charge in [-0.15, -0.1) is 0 Å². The van der Waals surface area contributed by atoms with Gasteiger partial charge in [-0.3, -0.25) is 4.79 Å². The van der Waals surface area contributed by atoms with Crippen LogP contribution in [0.3, 0.4) is 0 Å². The minimum absolute atomic E-state index is 0.202. The summed E-state index contributed by atoms with van der Waals surface area (Å²) in [6.07, 6.45) is 3.19. The quantitative estimate of drug-likeness (QED) is 0.413. The highest BCUT2D eigenvalue weighted by atomic mass is 32.2. The molecule has 0 heterocycles. The normalized spacial score (nSPS) is 12.6. The van der Waals surface area contributed by atoms with Crippen molar-refractivity contribution in [2.75, 3.05) is 19.7 Å². The largest absolute Gasteiger partial charge is 0.464 e. The summed E-state index contributed by atoms with van der Waals surface area (Å²) in [4.78, 5) is 24.9. The highest BCUT2D eigenvalue weighted by Crippen LogP contribution is 2.16. The third-order valence-corrected chi connectivity index (χ3v) is 6.88. The van der Waals surface area contributed by atoms with Crippen LogP contribution in [-0.2, 0) is 30.8 Å². The molecule has 1 unspecified atom stereocenters. The van der Waals surface area contributed by atoms with Gasteiger partial charge >= 0.3 is 5.97 Å². The fourth-order valence-electron chi connectivity index (χ4n) is 3.14.